The number of rotatable bonds is 8. The van der Waals surface area contributed by atoms with E-state index in [1.807, 2.05) is 36.4 Å². The van der Waals surface area contributed by atoms with Crippen LogP contribution in [0.2, 0.25) is 5.02 Å². The van der Waals surface area contributed by atoms with E-state index in [2.05, 4.69) is 20.9 Å². The number of benzene rings is 3. The van der Waals surface area contributed by atoms with Crippen LogP contribution in [0.25, 0.3) is 0 Å². The van der Waals surface area contributed by atoms with Gasteiger partial charge in [0.15, 0.2) is 0 Å². The van der Waals surface area contributed by atoms with Crippen molar-refractivity contribution in [3.63, 3.8) is 0 Å². The molecule has 33 heavy (non-hydrogen) atoms. The summed E-state index contributed by atoms with van der Waals surface area (Å²) < 4.78 is 35.0. The molecule has 0 unspecified atom stereocenters. The highest BCUT2D eigenvalue weighted by Gasteiger charge is 2.26. The molecule has 0 aliphatic rings. The largest absolute Gasteiger partial charge is 0.459 e. The molecule has 0 saturated carbocycles. The van der Waals surface area contributed by atoms with Gasteiger partial charge in [0.05, 0.1) is 23.3 Å². The van der Waals surface area contributed by atoms with Crippen LogP contribution in [0.3, 0.4) is 0 Å². The van der Waals surface area contributed by atoms with Crippen molar-refractivity contribution in [1.29, 1.82) is 0 Å². The van der Waals surface area contributed by atoms with E-state index in [-0.39, 0.29) is 18.0 Å². The molecule has 168 valence electrons. The molecular formula is C25H20BrClN2O3S. The molecule has 5 nitrogen and oxygen atoms in total. The van der Waals surface area contributed by atoms with Crippen molar-refractivity contribution in [2.45, 2.75) is 18.0 Å². The van der Waals surface area contributed by atoms with E-state index in [0.717, 1.165) is 15.7 Å². The summed E-state index contributed by atoms with van der Waals surface area (Å²) in [5.41, 5.74) is 1.60. The lowest BCUT2D eigenvalue weighted by molar-refractivity contribution is 0.357. The van der Waals surface area contributed by atoms with Crippen LogP contribution in [0.15, 0.2) is 110 Å². The number of nitrogens with zero attached hydrogens (tertiary/aromatic N) is 2. The van der Waals surface area contributed by atoms with Gasteiger partial charge < -0.3 is 4.42 Å². The van der Waals surface area contributed by atoms with Gasteiger partial charge in [-0.1, -0.05) is 63.9 Å². The van der Waals surface area contributed by atoms with Crippen molar-refractivity contribution < 1.29 is 12.8 Å². The predicted molar refractivity (Wildman–Crippen MR) is 134 cm³/mol. The maximum absolute atomic E-state index is 13.4. The molecule has 1 heterocycles. The highest BCUT2D eigenvalue weighted by molar-refractivity contribution is 9.10. The Morgan fingerprint density at radius 1 is 0.909 bits per heavy atom. The Bertz CT molecular complexity index is 1350. The van der Waals surface area contributed by atoms with Gasteiger partial charge in [-0.2, -0.15) is 4.31 Å². The summed E-state index contributed by atoms with van der Waals surface area (Å²) in [4.78, 5) is 4.63. The SMILES string of the molecule is O=S(=O)(c1ccccc1)N(Cc1ccc(Cl)cc1)Cc1ccc(C=Nc2cccc(Br)c2)o1. The fourth-order valence-electron chi connectivity index (χ4n) is 3.18. The molecule has 0 spiro atoms. The lowest BCUT2D eigenvalue weighted by Crippen LogP contribution is -2.30. The second-order valence-electron chi connectivity index (χ2n) is 7.25. The van der Waals surface area contributed by atoms with Crippen LogP contribution in [0.1, 0.15) is 17.1 Å². The quantitative estimate of drug-likeness (QED) is 0.229. The second-order valence-corrected chi connectivity index (χ2v) is 10.5. The van der Waals surface area contributed by atoms with E-state index in [1.54, 1.807) is 60.8 Å². The number of halogens is 2. The molecule has 0 amide bonds. The molecule has 0 aliphatic carbocycles. The molecular weight excluding hydrogens is 524 g/mol. The van der Waals surface area contributed by atoms with Crippen LogP contribution in [-0.4, -0.2) is 18.9 Å². The average Bonchev–Trinajstić information content (AvgIpc) is 3.27. The maximum atomic E-state index is 13.4. The topological polar surface area (TPSA) is 62.9 Å². The third-order valence-electron chi connectivity index (χ3n) is 4.82. The fourth-order valence-corrected chi connectivity index (χ4v) is 5.11. The van der Waals surface area contributed by atoms with Crippen molar-refractivity contribution in [1.82, 2.24) is 4.31 Å². The van der Waals surface area contributed by atoms with Crippen LogP contribution in [0.5, 0.6) is 0 Å². The first-order valence-electron chi connectivity index (χ1n) is 10.1. The van der Waals surface area contributed by atoms with E-state index in [0.29, 0.717) is 16.5 Å². The van der Waals surface area contributed by atoms with E-state index in [9.17, 15) is 8.42 Å². The van der Waals surface area contributed by atoms with E-state index < -0.39 is 10.0 Å². The molecule has 4 aromatic rings. The highest BCUT2D eigenvalue weighted by atomic mass is 79.9. The van der Waals surface area contributed by atoms with Crippen molar-refractivity contribution in [3.8, 4) is 0 Å². The molecule has 0 radical (unpaired) electrons. The summed E-state index contributed by atoms with van der Waals surface area (Å²) >= 11 is 9.41. The Morgan fingerprint density at radius 3 is 2.39 bits per heavy atom. The van der Waals surface area contributed by atoms with E-state index in [1.165, 1.54) is 4.31 Å². The normalized spacial score (nSPS) is 12.0. The smallest absolute Gasteiger partial charge is 0.243 e. The second kappa shape index (κ2) is 10.5. The molecule has 3 aromatic carbocycles. The summed E-state index contributed by atoms with van der Waals surface area (Å²) in [5, 5.41) is 0.594. The molecule has 0 bridgehead atoms. The zero-order chi connectivity index (χ0) is 23.3. The van der Waals surface area contributed by atoms with Crippen molar-refractivity contribution in [2.24, 2.45) is 4.99 Å². The Kier molecular flexibility index (Phi) is 7.45. The van der Waals surface area contributed by atoms with Gasteiger partial charge >= 0.3 is 0 Å². The van der Waals surface area contributed by atoms with Gasteiger partial charge in [-0.3, -0.25) is 4.99 Å². The first kappa shape index (κ1) is 23.4. The number of aliphatic imine (C=N–C) groups is 1. The number of hydrogen-bond donors (Lipinski definition) is 0. The average molecular weight is 544 g/mol. The Morgan fingerprint density at radius 2 is 1.67 bits per heavy atom. The van der Waals surface area contributed by atoms with Gasteiger partial charge in [0, 0.05) is 16.0 Å². The highest BCUT2D eigenvalue weighted by Crippen LogP contribution is 2.23. The first-order valence-corrected chi connectivity index (χ1v) is 12.7. The van der Waals surface area contributed by atoms with Gasteiger partial charge in [0.1, 0.15) is 11.5 Å². The predicted octanol–water partition coefficient (Wildman–Crippen LogP) is 6.84. The zero-order valence-electron chi connectivity index (χ0n) is 17.4. The summed E-state index contributed by atoms with van der Waals surface area (Å²) in [6.45, 7) is 0.251. The minimum absolute atomic E-state index is 0.0740. The van der Waals surface area contributed by atoms with Crippen LogP contribution in [0.4, 0.5) is 5.69 Å². The molecule has 0 N–H and O–H groups in total. The van der Waals surface area contributed by atoms with Crippen molar-refractivity contribution in [3.05, 3.63) is 118 Å². The molecule has 1 aromatic heterocycles. The van der Waals surface area contributed by atoms with Crippen LogP contribution < -0.4 is 0 Å². The Hall–Kier alpha value is -2.71. The van der Waals surface area contributed by atoms with Gasteiger partial charge in [0.2, 0.25) is 10.0 Å². The summed E-state index contributed by atoms with van der Waals surface area (Å²) in [7, 11) is -3.76. The molecule has 0 atom stereocenters. The summed E-state index contributed by atoms with van der Waals surface area (Å²) in [6.07, 6.45) is 1.61. The Balaban J connectivity index is 1.58. The molecule has 0 aliphatic heterocycles. The van der Waals surface area contributed by atoms with Gasteiger partial charge in [-0.05, 0) is 60.2 Å². The minimum atomic E-state index is -3.76. The van der Waals surface area contributed by atoms with Crippen LogP contribution in [0, 0.1) is 0 Å². The Labute approximate surface area is 206 Å². The van der Waals surface area contributed by atoms with Gasteiger partial charge in [-0.15, -0.1) is 0 Å². The number of hydrogen-bond acceptors (Lipinski definition) is 4. The number of sulfonamides is 1. The molecule has 0 fully saturated rings. The number of furan rings is 1. The van der Waals surface area contributed by atoms with Crippen LogP contribution in [-0.2, 0) is 23.1 Å². The molecule has 0 saturated heterocycles. The minimum Gasteiger partial charge on any atom is -0.459 e. The zero-order valence-corrected chi connectivity index (χ0v) is 20.6. The summed E-state index contributed by atoms with van der Waals surface area (Å²) in [6, 6.07) is 26.6. The summed E-state index contributed by atoms with van der Waals surface area (Å²) in [5.74, 6) is 1.05. The standard InChI is InChI=1S/C25H20BrClN2O3S/c26-20-5-4-6-22(15-20)28-16-23-13-14-24(32-23)18-29(17-19-9-11-21(27)12-10-19)33(30,31)25-7-2-1-3-8-25/h1-16H,17-18H2. The maximum Gasteiger partial charge on any atom is 0.243 e. The fraction of sp³-hybridized carbons (Fsp3) is 0.0800. The molecule has 8 heteroatoms. The third kappa shape index (κ3) is 6.21. The van der Waals surface area contributed by atoms with E-state index >= 15 is 0 Å². The lowest BCUT2D eigenvalue weighted by Gasteiger charge is -2.21. The van der Waals surface area contributed by atoms with Gasteiger partial charge in [0.25, 0.3) is 0 Å². The monoisotopic (exact) mass is 542 g/mol. The van der Waals surface area contributed by atoms with Gasteiger partial charge in [-0.25, -0.2) is 8.42 Å². The first-order chi connectivity index (χ1) is 15.9. The molecule has 4 rings (SSSR count). The van der Waals surface area contributed by atoms with Crippen molar-refractivity contribution >= 4 is 49.5 Å². The van der Waals surface area contributed by atoms with Crippen molar-refractivity contribution in [2.75, 3.05) is 0 Å². The van der Waals surface area contributed by atoms with Crippen LogP contribution >= 0.6 is 27.5 Å². The van der Waals surface area contributed by atoms with E-state index in [4.69, 9.17) is 16.0 Å². The lowest BCUT2D eigenvalue weighted by atomic mass is 10.2. The third-order valence-corrected chi connectivity index (χ3v) is 7.37.